The summed E-state index contributed by atoms with van der Waals surface area (Å²) in [5, 5.41) is 3.38. The Morgan fingerprint density at radius 3 is 2.34 bits per heavy atom. The molecule has 0 fully saturated rings. The molecule has 2 amide bonds. The van der Waals surface area contributed by atoms with Crippen LogP contribution in [-0.4, -0.2) is 35.9 Å². The number of halogens is 1. The van der Waals surface area contributed by atoms with Gasteiger partial charge in [0.2, 0.25) is 5.91 Å². The quantitative estimate of drug-likeness (QED) is 0.628. The molecule has 0 aliphatic carbocycles. The smallest absolute Gasteiger partial charge is 0.261 e. The molecule has 29 heavy (non-hydrogen) atoms. The van der Waals surface area contributed by atoms with E-state index in [1.54, 1.807) is 29.2 Å². The average molecular weight is 417 g/mol. The lowest BCUT2D eigenvalue weighted by Gasteiger charge is -2.30. The fraction of sp³-hybridized carbons (Fsp3) is 0.391. The van der Waals surface area contributed by atoms with Crippen LogP contribution in [0.4, 0.5) is 0 Å². The zero-order valence-electron chi connectivity index (χ0n) is 17.2. The summed E-state index contributed by atoms with van der Waals surface area (Å²) in [5.41, 5.74) is 0.953. The summed E-state index contributed by atoms with van der Waals surface area (Å²) in [6.45, 7) is 6.68. The Bertz CT molecular complexity index is 796. The van der Waals surface area contributed by atoms with Gasteiger partial charge in [0.15, 0.2) is 6.61 Å². The van der Waals surface area contributed by atoms with Crippen LogP contribution >= 0.6 is 11.6 Å². The van der Waals surface area contributed by atoms with Gasteiger partial charge in [-0.1, -0.05) is 74.8 Å². The van der Waals surface area contributed by atoms with Gasteiger partial charge >= 0.3 is 0 Å². The highest BCUT2D eigenvalue weighted by atomic mass is 35.5. The Hall–Kier alpha value is -2.53. The molecule has 6 heteroatoms. The van der Waals surface area contributed by atoms with Gasteiger partial charge in [-0.15, -0.1) is 0 Å². The van der Waals surface area contributed by atoms with E-state index in [0.717, 1.165) is 5.56 Å². The van der Waals surface area contributed by atoms with Crippen molar-refractivity contribution in [2.75, 3.05) is 13.2 Å². The van der Waals surface area contributed by atoms with E-state index in [9.17, 15) is 9.59 Å². The Balaban J connectivity index is 2.17. The predicted octanol–water partition coefficient (Wildman–Crippen LogP) is 4.30. The van der Waals surface area contributed by atoms with Crippen LogP contribution in [0.2, 0.25) is 5.02 Å². The zero-order valence-corrected chi connectivity index (χ0v) is 18.0. The molecular formula is C23H29ClN2O3. The Morgan fingerprint density at radius 1 is 1.07 bits per heavy atom. The predicted molar refractivity (Wildman–Crippen MR) is 116 cm³/mol. The van der Waals surface area contributed by atoms with Crippen LogP contribution in [0.3, 0.4) is 0 Å². The summed E-state index contributed by atoms with van der Waals surface area (Å²) in [7, 11) is 0. The van der Waals surface area contributed by atoms with E-state index < -0.39 is 6.04 Å². The first-order valence-electron chi connectivity index (χ1n) is 9.90. The number of hydrogen-bond acceptors (Lipinski definition) is 3. The van der Waals surface area contributed by atoms with Gasteiger partial charge in [-0.05, 0) is 30.0 Å². The molecule has 2 aromatic rings. The topological polar surface area (TPSA) is 58.6 Å². The van der Waals surface area contributed by atoms with Gasteiger partial charge in [0.05, 0.1) is 5.02 Å². The third-order valence-corrected chi connectivity index (χ3v) is 4.77. The number of nitrogens with one attached hydrogen (secondary N) is 1. The van der Waals surface area contributed by atoms with Gasteiger partial charge in [0.25, 0.3) is 5.91 Å². The summed E-state index contributed by atoms with van der Waals surface area (Å²) in [4.78, 5) is 27.4. The first-order valence-corrected chi connectivity index (χ1v) is 10.3. The first kappa shape index (κ1) is 22.8. The van der Waals surface area contributed by atoms with Crippen molar-refractivity contribution in [3.8, 4) is 5.75 Å². The van der Waals surface area contributed by atoms with E-state index in [2.05, 4.69) is 5.32 Å². The Labute approximate surface area is 178 Å². The van der Waals surface area contributed by atoms with E-state index in [1.807, 2.05) is 51.1 Å². The number of carbonyl (C=O) groups excluding carboxylic acids is 2. The van der Waals surface area contributed by atoms with Crippen molar-refractivity contribution in [2.24, 2.45) is 5.92 Å². The van der Waals surface area contributed by atoms with Crippen molar-refractivity contribution >= 4 is 23.4 Å². The van der Waals surface area contributed by atoms with Crippen LogP contribution in [-0.2, 0) is 16.1 Å². The second-order valence-corrected chi connectivity index (χ2v) is 7.70. The largest absolute Gasteiger partial charge is 0.482 e. The van der Waals surface area contributed by atoms with E-state index in [0.29, 0.717) is 36.2 Å². The van der Waals surface area contributed by atoms with Crippen LogP contribution in [0.1, 0.15) is 32.8 Å². The summed E-state index contributed by atoms with van der Waals surface area (Å²) in [5.74, 6) is 0.362. The van der Waals surface area contributed by atoms with E-state index in [4.69, 9.17) is 16.3 Å². The Morgan fingerprint density at radius 2 is 1.72 bits per heavy atom. The summed E-state index contributed by atoms with van der Waals surface area (Å²) in [6.07, 6.45) is 0.509. The van der Waals surface area contributed by atoms with Crippen LogP contribution in [0.25, 0.3) is 0 Å². The van der Waals surface area contributed by atoms with Gasteiger partial charge in [-0.3, -0.25) is 9.59 Å². The first-order chi connectivity index (χ1) is 13.9. The Kier molecular flexibility index (Phi) is 9.00. The number of nitrogens with zero attached hydrogens (tertiary/aromatic N) is 1. The third kappa shape index (κ3) is 7.09. The molecule has 0 heterocycles. The van der Waals surface area contributed by atoms with Crippen LogP contribution in [0.15, 0.2) is 54.6 Å². The standard InChI is InChI=1S/C23H29ClN2O3/c1-4-20(23(28)25-14-17(2)3)26(15-18-10-6-5-7-11-18)22(27)16-29-21-13-9-8-12-19(21)24/h5-13,17,20H,4,14-16H2,1-3H3,(H,25,28)/t20-/m0/s1. The molecule has 0 unspecified atom stereocenters. The number of carbonyl (C=O) groups is 2. The molecule has 0 aromatic heterocycles. The van der Waals surface area contributed by atoms with Crippen molar-refractivity contribution in [1.29, 1.82) is 0 Å². The molecule has 0 aliphatic heterocycles. The van der Waals surface area contributed by atoms with Crippen molar-refractivity contribution in [3.63, 3.8) is 0 Å². The molecule has 1 atom stereocenters. The molecule has 0 aliphatic rings. The molecular weight excluding hydrogens is 388 g/mol. The molecule has 2 aromatic carbocycles. The van der Waals surface area contributed by atoms with E-state index in [1.165, 1.54) is 0 Å². The minimum Gasteiger partial charge on any atom is -0.482 e. The maximum absolute atomic E-state index is 13.1. The number of hydrogen-bond donors (Lipinski definition) is 1. The van der Waals surface area contributed by atoms with Gasteiger partial charge < -0.3 is 15.0 Å². The summed E-state index contributed by atoms with van der Waals surface area (Å²) in [6, 6.07) is 16.1. The molecule has 0 radical (unpaired) electrons. The highest BCUT2D eigenvalue weighted by Crippen LogP contribution is 2.23. The molecule has 2 rings (SSSR count). The number of amides is 2. The second kappa shape index (κ2) is 11.5. The SMILES string of the molecule is CC[C@@H](C(=O)NCC(C)C)N(Cc1ccccc1)C(=O)COc1ccccc1Cl. The lowest BCUT2D eigenvalue weighted by molar-refractivity contribution is -0.143. The van der Waals surface area contributed by atoms with E-state index >= 15 is 0 Å². The second-order valence-electron chi connectivity index (χ2n) is 7.29. The van der Waals surface area contributed by atoms with Crippen LogP contribution in [0.5, 0.6) is 5.75 Å². The molecule has 0 bridgehead atoms. The number of benzene rings is 2. The monoisotopic (exact) mass is 416 g/mol. The van der Waals surface area contributed by atoms with Crippen molar-refractivity contribution in [1.82, 2.24) is 10.2 Å². The lowest BCUT2D eigenvalue weighted by atomic mass is 10.1. The van der Waals surface area contributed by atoms with Crippen molar-refractivity contribution in [3.05, 3.63) is 65.2 Å². The van der Waals surface area contributed by atoms with Crippen LogP contribution in [0, 0.1) is 5.92 Å². The minimum atomic E-state index is -0.573. The molecule has 156 valence electrons. The number of para-hydroxylation sites is 1. The van der Waals surface area contributed by atoms with Gasteiger partial charge in [0.1, 0.15) is 11.8 Å². The van der Waals surface area contributed by atoms with Crippen molar-refractivity contribution < 1.29 is 14.3 Å². The average Bonchev–Trinajstić information content (AvgIpc) is 2.72. The van der Waals surface area contributed by atoms with Crippen molar-refractivity contribution in [2.45, 2.75) is 39.8 Å². The zero-order chi connectivity index (χ0) is 21.2. The lowest BCUT2D eigenvalue weighted by Crippen LogP contribution is -2.50. The van der Waals surface area contributed by atoms with Gasteiger partial charge in [-0.2, -0.15) is 0 Å². The van der Waals surface area contributed by atoms with Crippen LogP contribution < -0.4 is 10.1 Å². The van der Waals surface area contributed by atoms with Gasteiger partial charge in [0, 0.05) is 13.1 Å². The molecule has 5 nitrogen and oxygen atoms in total. The summed E-state index contributed by atoms with van der Waals surface area (Å²) >= 11 is 6.11. The maximum Gasteiger partial charge on any atom is 0.261 e. The number of ether oxygens (including phenoxy) is 1. The third-order valence-electron chi connectivity index (χ3n) is 4.45. The fourth-order valence-electron chi connectivity index (χ4n) is 2.91. The summed E-state index contributed by atoms with van der Waals surface area (Å²) < 4.78 is 5.63. The van der Waals surface area contributed by atoms with Gasteiger partial charge in [-0.25, -0.2) is 0 Å². The maximum atomic E-state index is 13.1. The number of rotatable bonds is 10. The highest BCUT2D eigenvalue weighted by Gasteiger charge is 2.29. The minimum absolute atomic E-state index is 0.150. The van der Waals surface area contributed by atoms with E-state index in [-0.39, 0.29) is 18.4 Å². The molecule has 1 N–H and O–H groups in total. The normalized spacial score (nSPS) is 11.8. The fourth-order valence-corrected chi connectivity index (χ4v) is 3.10. The highest BCUT2D eigenvalue weighted by molar-refractivity contribution is 6.32. The molecule has 0 saturated carbocycles. The molecule has 0 saturated heterocycles. The molecule has 0 spiro atoms.